The van der Waals surface area contributed by atoms with E-state index in [1.807, 2.05) is 0 Å². The van der Waals surface area contributed by atoms with Gasteiger partial charge in [0.25, 0.3) is 0 Å². The Morgan fingerprint density at radius 3 is 2.25 bits per heavy atom. The third-order valence-electron chi connectivity index (χ3n) is 3.99. The Hall–Kier alpha value is -2.26. The van der Waals surface area contributed by atoms with E-state index in [2.05, 4.69) is 5.32 Å². The number of benzene rings is 1. The maximum absolute atomic E-state index is 14.0. The van der Waals surface area contributed by atoms with Gasteiger partial charge >= 0.3 is 6.09 Å². The molecule has 9 heteroatoms. The number of carbonyl (C=O) groups is 2. The monoisotopic (exact) mass is 402 g/mol. The van der Waals surface area contributed by atoms with Crippen LogP contribution in [0.15, 0.2) is 18.2 Å². The van der Waals surface area contributed by atoms with Gasteiger partial charge < -0.3 is 24.8 Å². The second-order valence-electron chi connectivity index (χ2n) is 6.37. The number of rotatable bonds is 11. The smallest absolute Gasteiger partial charge is 0.405 e. The fourth-order valence-electron chi connectivity index (χ4n) is 2.70. The number of nitrogens with zero attached hydrogens (tertiary/aromatic N) is 1. The summed E-state index contributed by atoms with van der Waals surface area (Å²) in [5.74, 6) is -2.15. The molecule has 2 amide bonds. The first-order valence-corrected chi connectivity index (χ1v) is 9.16. The normalized spacial score (nSPS) is 12.3. The van der Waals surface area contributed by atoms with Gasteiger partial charge in [0, 0.05) is 31.7 Å². The number of halogens is 2. The molecule has 0 spiro atoms. The Kier molecular flexibility index (Phi) is 9.81. The largest absolute Gasteiger partial charge is 0.465 e. The van der Waals surface area contributed by atoms with Gasteiger partial charge in [0.1, 0.15) is 17.7 Å². The van der Waals surface area contributed by atoms with Crippen molar-refractivity contribution in [2.45, 2.75) is 52.5 Å². The van der Waals surface area contributed by atoms with Crippen molar-refractivity contribution in [3.05, 3.63) is 35.4 Å². The first kappa shape index (κ1) is 23.8. The predicted octanol–water partition coefficient (Wildman–Crippen LogP) is 2.78. The van der Waals surface area contributed by atoms with Crippen molar-refractivity contribution in [3.63, 3.8) is 0 Å². The molecule has 0 bridgehead atoms. The summed E-state index contributed by atoms with van der Waals surface area (Å²) in [6, 6.07) is 1.41. The fraction of sp³-hybridized carbons (Fsp3) is 0.579. The van der Waals surface area contributed by atoms with Crippen LogP contribution in [-0.4, -0.2) is 60.1 Å². The van der Waals surface area contributed by atoms with Crippen molar-refractivity contribution < 1.29 is 33.0 Å². The minimum atomic E-state index is -1.42. The number of ether oxygens (including phenoxy) is 2. The third-order valence-corrected chi connectivity index (χ3v) is 3.99. The Bertz CT molecular complexity index is 651. The van der Waals surface area contributed by atoms with E-state index < -0.39 is 36.0 Å². The standard InChI is InChI=1S/C19H28F2N2O5/c1-5-27-17(28-6-2)11-23(12(3)4)18(24)16(22-19(25)26)9-13-7-8-14(20)10-15(13)21/h7-8,10,12,16-17,22H,5-6,9,11H2,1-4H3,(H,25,26). The second kappa shape index (κ2) is 11.6. The van der Waals surface area contributed by atoms with Gasteiger partial charge in [0.2, 0.25) is 5.91 Å². The van der Waals surface area contributed by atoms with E-state index in [0.29, 0.717) is 19.3 Å². The second-order valence-corrected chi connectivity index (χ2v) is 6.37. The molecular formula is C19H28F2N2O5. The van der Waals surface area contributed by atoms with Gasteiger partial charge in [-0.1, -0.05) is 6.07 Å². The van der Waals surface area contributed by atoms with Gasteiger partial charge in [-0.2, -0.15) is 0 Å². The predicted molar refractivity (Wildman–Crippen MR) is 98.9 cm³/mol. The molecule has 1 aromatic rings. The van der Waals surface area contributed by atoms with E-state index in [4.69, 9.17) is 14.6 Å². The Morgan fingerprint density at radius 2 is 1.79 bits per heavy atom. The average molecular weight is 402 g/mol. The molecular weight excluding hydrogens is 374 g/mol. The van der Waals surface area contributed by atoms with Crippen LogP contribution < -0.4 is 5.32 Å². The highest BCUT2D eigenvalue weighted by Gasteiger charge is 2.30. The molecule has 1 aromatic carbocycles. The van der Waals surface area contributed by atoms with Gasteiger partial charge in [0.15, 0.2) is 6.29 Å². The lowest BCUT2D eigenvalue weighted by molar-refractivity contribution is -0.162. The highest BCUT2D eigenvalue weighted by atomic mass is 19.1. The third kappa shape index (κ3) is 7.40. The summed E-state index contributed by atoms with van der Waals surface area (Å²) in [4.78, 5) is 25.6. The summed E-state index contributed by atoms with van der Waals surface area (Å²) in [6.45, 7) is 7.96. The molecule has 0 saturated carbocycles. The highest BCUT2D eigenvalue weighted by molar-refractivity contribution is 5.85. The number of hydrogen-bond acceptors (Lipinski definition) is 4. The Balaban J connectivity index is 3.07. The van der Waals surface area contributed by atoms with Crippen LogP contribution in [0.3, 0.4) is 0 Å². The molecule has 1 atom stereocenters. The van der Waals surface area contributed by atoms with Crippen molar-refractivity contribution in [2.75, 3.05) is 19.8 Å². The molecule has 2 N–H and O–H groups in total. The molecule has 1 unspecified atom stereocenters. The first-order valence-electron chi connectivity index (χ1n) is 9.16. The molecule has 158 valence electrons. The van der Waals surface area contributed by atoms with E-state index in [9.17, 15) is 18.4 Å². The summed E-state index contributed by atoms with van der Waals surface area (Å²) in [6.07, 6.45) is -2.35. The number of amides is 2. The minimum Gasteiger partial charge on any atom is -0.465 e. The van der Waals surface area contributed by atoms with E-state index in [1.165, 1.54) is 11.0 Å². The summed E-state index contributed by atoms with van der Waals surface area (Å²) in [5, 5.41) is 11.2. The number of nitrogens with one attached hydrogen (secondary N) is 1. The summed E-state index contributed by atoms with van der Waals surface area (Å²) in [7, 11) is 0. The summed E-state index contributed by atoms with van der Waals surface area (Å²) >= 11 is 0. The van der Waals surface area contributed by atoms with Crippen LogP contribution in [0.5, 0.6) is 0 Å². The van der Waals surface area contributed by atoms with Crippen LogP contribution in [0.4, 0.5) is 13.6 Å². The lowest BCUT2D eigenvalue weighted by Gasteiger charge is -2.33. The zero-order valence-corrected chi connectivity index (χ0v) is 16.6. The molecule has 0 heterocycles. The number of carbonyl (C=O) groups excluding carboxylic acids is 1. The molecule has 0 radical (unpaired) electrons. The molecule has 28 heavy (non-hydrogen) atoms. The topological polar surface area (TPSA) is 88.1 Å². The Morgan fingerprint density at radius 1 is 1.18 bits per heavy atom. The minimum absolute atomic E-state index is 0.0309. The molecule has 1 rings (SSSR count). The maximum atomic E-state index is 14.0. The van der Waals surface area contributed by atoms with Gasteiger partial charge in [-0.05, 0) is 39.3 Å². The average Bonchev–Trinajstić information content (AvgIpc) is 2.60. The van der Waals surface area contributed by atoms with Crippen LogP contribution >= 0.6 is 0 Å². The molecule has 7 nitrogen and oxygen atoms in total. The van der Waals surface area contributed by atoms with Crippen LogP contribution in [0.1, 0.15) is 33.3 Å². The van der Waals surface area contributed by atoms with Crippen LogP contribution in [0.2, 0.25) is 0 Å². The molecule has 0 aliphatic heterocycles. The van der Waals surface area contributed by atoms with Crippen LogP contribution in [-0.2, 0) is 20.7 Å². The van der Waals surface area contributed by atoms with Gasteiger partial charge in [0.05, 0.1) is 6.54 Å². The van der Waals surface area contributed by atoms with E-state index in [1.54, 1.807) is 27.7 Å². The van der Waals surface area contributed by atoms with Crippen molar-refractivity contribution in [1.29, 1.82) is 0 Å². The van der Waals surface area contributed by atoms with Gasteiger partial charge in [-0.3, -0.25) is 4.79 Å². The lowest BCUT2D eigenvalue weighted by Crippen LogP contribution is -2.53. The molecule has 0 aliphatic rings. The molecule has 0 aromatic heterocycles. The summed E-state index contributed by atoms with van der Waals surface area (Å²) < 4.78 is 38.1. The molecule has 0 fully saturated rings. The molecule has 0 aliphatic carbocycles. The lowest BCUT2D eigenvalue weighted by atomic mass is 10.0. The quantitative estimate of drug-likeness (QED) is 0.556. The van der Waals surface area contributed by atoms with Gasteiger partial charge in [-0.25, -0.2) is 13.6 Å². The number of hydrogen-bond donors (Lipinski definition) is 2. The van der Waals surface area contributed by atoms with E-state index >= 15 is 0 Å². The highest BCUT2D eigenvalue weighted by Crippen LogP contribution is 2.15. The zero-order valence-electron chi connectivity index (χ0n) is 16.6. The van der Waals surface area contributed by atoms with E-state index in [0.717, 1.165) is 6.07 Å². The van der Waals surface area contributed by atoms with Crippen molar-refractivity contribution in [1.82, 2.24) is 10.2 Å². The molecule has 0 saturated heterocycles. The van der Waals surface area contributed by atoms with Crippen molar-refractivity contribution in [3.8, 4) is 0 Å². The van der Waals surface area contributed by atoms with Crippen molar-refractivity contribution in [2.24, 2.45) is 0 Å². The maximum Gasteiger partial charge on any atom is 0.405 e. The van der Waals surface area contributed by atoms with Crippen LogP contribution in [0, 0.1) is 11.6 Å². The SMILES string of the molecule is CCOC(CN(C(=O)C(Cc1ccc(F)cc1F)NC(=O)O)C(C)C)OCC. The summed E-state index contributed by atoms with van der Waals surface area (Å²) in [5.41, 5.74) is 0.0309. The zero-order chi connectivity index (χ0) is 21.3. The van der Waals surface area contributed by atoms with Crippen LogP contribution in [0.25, 0.3) is 0 Å². The number of carboxylic acid groups (broad SMARTS) is 1. The first-order chi connectivity index (χ1) is 13.2. The Labute approximate surface area is 163 Å². The van der Waals surface area contributed by atoms with Crippen molar-refractivity contribution >= 4 is 12.0 Å². The fourth-order valence-corrected chi connectivity index (χ4v) is 2.70. The van der Waals surface area contributed by atoms with E-state index in [-0.39, 0.29) is 24.6 Å². The van der Waals surface area contributed by atoms with Gasteiger partial charge in [-0.15, -0.1) is 0 Å².